The van der Waals surface area contributed by atoms with E-state index in [1.165, 1.54) is 5.56 Å². The van der Waals surface area contributed by atoms with E-state index in [1.54, 1.807) is 0 Å². The van der Waals surface area contributed by atoms with Gasteiger partial charge in [0.25, 0.3) is 0 Å². The highest BCUT2D eigenvalue weighted by atomic mass is 35.5. The molecule has 0 bridgehead atoms. The second-order valence-electron chi connectivity index (χ2n) is 2.88. The maximum Gasteiger partial charge on any atom is 0.0412 e. The molecule has 0 nitrogen and oxygen atoms in total. The Morgan fingerprint density at radius 2 is 1.54 bits per heavy atom. The molecule has 0 amide bonds. The molecule has 0 saturated heterocycles. The molecule has 64 valence electrons. The van der Waals surface area contributed by atoms with Crippen LogP contribution in [0.2, 0.25) is 0 Å². The van der Waals surface area contributed by atoms with Gasteiger partial charge < -0.3 is 0 Å². The number of allylic oxidation sites excluding steroid dienone is 4. The predicted molar refractivity (Wildman–Crippen MR) is 58.4 cm³/mol. The van der Waals surface area contributed by atoms with E-state index >= 15 is 0 Å². The van der Waals surface area contributed by atoms with Crippen LogP contribution in [-0.4, -0.2) is 0 Å². The summed E-state index contributed by atoms with van der Waals surface area (Å²) < 4.78 is 0. The molecule has 0 N–H and O–H groups in total. The molecular weight excluding hydrogens is 180 g/mol. The standard InChI is InChI=1S/C12H9Cl/c13-12-8-4-3-6-10-5-1-2-7-11(10)9-12/h1-9H/b4-3?,6-3-,8-4-,10-6?,11-9?,12-8?,12-9+. The fourth-order valence-electron chi connectivity index (χ4n) is 1.30. The molecule has 0 atom stereocenters. The monoisotopic (exact) mass is 188 g/mol. The molecule has 13 heavy (non-hydrogen) atoms. The first-order valence-corrected chi connectivity index (χ1v) is 4.55. The number of fused-ring (bicyclic) bond motifs is 1. The number of halogens is 1. The Hall–Kier alpha value is -1.27. The van der Waals surface area contributed by atoms with Crippen molar-refractivity contribution in [3.05, 3.63) is 58.7 Å². The van der Waals surface area contributed by atoms with Crippen LogP contribution in [0.1, 0.15) is 11.1 Å². The SMILES string of the molecule is ClC1=C/c2ccccc2\C=C/C=C\1. The average Bonchev–Trinajstić information content (AvgIpc) is 2.11. The lowest BCUT2D eigenvalue weighted by Crippen LogP contribution is -1.81. The minimum Gasteiger partial charge on any atom is -0.0843 e. The number of hydrogen-bond donors (Lipinski definition) is 0. The summed E-state index contributed by atoms with van der Waals surface area (Å²) in [7, 11) is 0. The normalized spacial score (nSPS) is 23.3. The van der Waals surface area contributed by atoms with Crippen LogP contribution in [0.15, 0.2) is 47.5 Å². The first-order chi connectivity index (χ1) is 6.36. The molecule has 0 saturated carbocycles. The molecule has 1 aliphatic rings. The van der Waals surface area contributed by atoms with Gasteiger partial charge in [-0.2, -0.15) is 0 Å². The lowest BCUT2D eigenvalue weighted by atomic mass is 10.1. The third-order valence-electron chi connectivity index (χ3n) is 1.93. The van der Waals surface area contributed by atoms with E-state index in [9.17, 15) is 0 Å². The minimum atomic E-state index is 0.761. The Bertz CT molecular complexity index is 397. The van der Waals surface area contributed by atoms with Crippen molar-refractivity contribution in [3.8, 4) is 0 Å². The molecule has 1 heteroatoms. The Morgan fingerprint density at radius 3 is 2.38 bits per heavy atom. The van der Waals surface area contributed by atoms with Crippen molar-refractivity contribution >= 4 is 23.8 Å². The lowest BCUT2D eigenvalue weighted by Gasteiger charge is -2.02. The molecule has 0 aromatic heterocycles. The largest absolute Gasteiger partial charge is 0.0843 e. The molecule has 0 fully saturated rings. The lowest BCUT2D eigenvalue weighted by molar-refractivity contribution is 1.60. The van der Waals surface area contributed by atoms with Crippen LogP contribution in [0.25, 0.3) is 12.2 Å². The summed E-state index contributed by atoms with van der Waals surface area (Å²) in [5.74, 6) is 0. The van der Waals surface area contributed by atoms with Gasteiger partial charge in [0.2, 0.25) is 0 Å². The molecule has 0 unspecified atom stereocenters. The Balaban J connectivity index is 2.58. The van der Waals surface area contributed by atoms with Crippen LogP contribution >= 0.6 is 11.6 Å². The van der Waals surface area contributed by atoms with Crippen molar-refractivity contribution in [3.63, 3.8) is 0 Å². The molecule has 1 aromatic carbocycles. The van der Waals surface area contributed by atoms with Gasteiger partial charge in [0.15, 0.2) is 0 Å². The fraction of sp³-hybridized carbons (Fsp3) is 0. The molecule has 1 aliphatic carbocycles. The zero-order valence-electron chi connectivity index (χ0n) is 7.07. The maximum atomic E-state index is 5.96. The highest BCUT2D eigenvalue weighted by molar-refractivity contribution is 6.33. The quantitative estimate of drug-likeness (QED) is 0.580. The highest BCUT2D eigenvalue weighted by Gasteiger charge is 1.97. The summed E-state index contributed by atoms with van der Waals surface area (Å²) in [5, 5.41) is 0.761. The number of hydrogen-bond acceptors (Lipinski definition) is 0. The van der Waals surface area contributed by atoms with Gasteiger partial charge in [-0.25, -0.2) is 0 Å². The molecule has 2 rings (SSSR count). The van der Waals surface area contributed by atoms with Crippen molar-refractivity contribution < 1.29 is 0 Å². The molecule has 0 radical (unpaired) electrons. The minimum absolute atomic E-state index is 0.761. The number of rotatable bonds is 0. The van der Waals surface area contributed by atoms with Crippen LogP contribution in [0.3, 0.4) is 0 Å². The second kappa shape index (κ2) is 3.63. The van der Waals surface area contributed by atoms with Gasteiger partial charge in [0, 0.05) is 5.03 Å². The van der Waals surface area contributed by atoms with Crippen LogP contribution < -0.4 is 0 Å². The van der Waals surface area contributed by atoms with Crippen LogP contribution in [0.5, 0.6) is 0 Å². The van der Waals surface area contributed by atoms with Crippen molar-refractivity contribution in [1.82, 2.24) is 0 Å². The zero-order chi connectivity index (χ0) is 9.10. The Morgan fingerprint density at radius 1 is 0.846 bits per heavy atom. The van der Waals surface area contributed by atoms with E-state index in [0.717, 1.165) is 10.6 Å². The van der Waals surface area contributed by atoms with Crippen LogP contribution in [0.4, 0.5) is 0 Å². The van der Waals surface area contributed by atoms with Crippen molar-refractivity contribution in [1.29, 1.82) is 0 Å². The topological polar surface area (TPSA) is 0 Å². The third kappa shape index (κ3) is 1.90. The van der Waals surface area contributed by atoms with Crippen LogP contribution in [-0.2, 0) is 0 Å². The first-order valence-electron chi connectivity index (χ1n) is 4.17. The molecule has 0 heterocycles. The first kappa shape index (κ1) is 8.33. The fourth-order valence-corrected chi connectivity index (χ4v) is 1.49. The summed E-state index contributed by atoms with van der Waals surface area (Å²) >= 11 is 5.96. The Labute approximate surface area is 82.8 Å². The zero-order valence-corrected chi connectivity index (χ0v) is 7.83. The van der Waals surface area contributed by atoms with E-state index < -0.39 is 0 Å². The van der Waals surface area contributed by atoms with Gasteiger partial charge in [-0.15, -0.1) is 0 Å². The van der Waals surface area contributed by atoms with E-state index in [-0.39, 0.29) is 0 Å². The molecule has 0 spiro atoms. The third-order valence-corrected chi connectivity index (χ3v) is 2.17. The van der Waals surface area contributed by atoms with Crippen molar-refractivity contribution in [2.24, 2.45) is 0 Å². The highest BCUT2D eigenvalue weighted by Crippen LogP contribution is 2.19. The van der Waals surface area contributed by atoms with Crippen LogP contribution in [0, 0.1) is 0 Å². The summed E-state index contributed by atoms with van der Waals surface area (Å²) in [6, 6.07) is 8.17. The van der Waals surface area contributed by atoms with Gasteiger partial charge >= 0.3 is 0 Å². The Kier molecular flexibility index (Phi) is 2.33. The van der Waals surface area contributed by atoms with Gasteiger partial charge in [-0.05, 0) is 23.3 Å². The van der Waals surface area contributed by atoms with E-state index in [2.05, 4.69) is 18.2 Å². The van der Waals surface area contributed by atoms with Gasteiger partial charge in [0.1, 0.15) is 0 Å². The van der Waals surface area contributed by atoms with Crippen molar-refractivity contribution in [2.45, 2.75) is 0 Å². The van der Waals surface area contributed by atoms with Crippen molar-refractivity contribution in [2.75, 3.05) is 0 Å². The molecular formula is C12H9Cl. The predicted octanol–water partition coefficient (Wildman–Crippen LogP) is 3.85. The smallest absolute Gasteiger partial charge is 0.0412 e. The van der Waals surface area contributed by atoms with Gasteiger partial charge in [-0.1, -0.05) is 54.1 Å². The maximum absolute atomic E-state index is 5.96. The van der Waals surface area contributed by atoms with E-state index in [4.69, 9.17) is 11.6 Å². The van der Waals surface area contributed by atoms with E-state index in [0.29, 0.717) is 0 Å². The summed E-state index contributed by atoms with van der Waals surface area (Å²) in [4.78, 5) is 0. The molecule has 0 aliphatic heterocycles. The summed E-state index contributed by atoms with van der Waals surface area (Å²) in [5.41, 5.74) is 2.36. The second-order valence-corrected chi connectivity index (χ2v) is 3.31. The summed E-state index contributed by atoms with van der Waals surface area (Å²) in [6.07, 6.45) is 9.86. The average molecular weight is 189 g/mol. The van der Waals surface area contributed by atoms with E-state index in [1.807, 2.05) is 36.4 Å². The van der Waals surface area contributed by atoms with Gasteiger partial charge in [-0.3, -0.25) is 0 Å². The molecule has 1 aromatic rings. The number of benzene rings is 1. The van der Waals surface area contributed by atoms with Gasteiger partial charge in [0.05, 0.1) is 0 Å². The summed E-state index contributed by atoms with van der Waals surface area (Å²) in [6.45, 7) is 0.